The summed E-state index contributed by atoms with van der Waals surface area (Å²) < 4.78 is 49.4. The number of rotatable bonds is 7. The molecule has 0 spiro atoms. The smallest absolute Gasteiger partial charge is 0.422 e. The molecule has 0 fully saturated rings. The molecule has 0 atom stereocenters. The number of para-hydroxylation sites is 1. The van der Waals surface area contributed by atoms with Crippen LogP contribution in [0.15, 0.2) is 84.9 Å². The van der Waals surface area contributed by atoms with E-state index in [2.05, 4.69) is 4.98 Å². The summed E-state index contributed by atoms with van der Waals surface area (Å²) in [6.07, 6.45) is -4.47. The lowest BCUT2D eigenvalue weighted by molar-refractivity contribution is -0.153. The maximum atomic E-state index is 13.4. The van der Waals surface area contributed by atoms with E-state index >= 15 is 0 Å². The fraction of sp³-hybridized carbons (Fsp3) is 0.172. The van der Waals surface area contributed by atoms with E-state index in [4.69, 9.17) is 9.47 Å². The van der Waals surface area contributed by atoms with Gasteiger partial charge in [-0.05, 0) is 55.0 Å². The van der Waals surface area contributed by atoms with Crippen molar-refractivity contribution in [2.75, 3.05) is 11.5 Å². The largest absolute Gasteiger partial charge is 0.489 e. The molecule has 0 radical (unpaired) electrons. The molecule has 0 unspecified atom stereocenters. The SMILES string of the molecule is Cc1cc2c(c(-c3ccccc3OCC(F)(F)F)n1)CN(c1ccc(OCc3ccccc3)cc1)C2=O. The Bertz CT molecular complexity index is 1420. The first kappa shape index (κ1) is 24.4. The summed E-state index contributed by atoms with van der Waals surface area (Å²) in [7, 11) is 0. The topological polar surface area (TPSA) is 51.7 Å². The minimum Gasteiger partial charge on any atom is -0.489 e. The van der Waals surface area contributed by atoms with Crippen LogP contribution in [0.2, 0.25) is 0 Å². The third-order valence-corrected chi connectivity index (χ3v) is 5.97. The monoisotopic (exact) mass is 504 g/mol. The number of ether oxygens (including phenoxy) is 2. The number of halogens is 3. The summed E-state index contributed by atoms with van der Waals surface area (Å²) in [6, 6.07) is 25.2. The highest BCUT2D eigenvalue weighted by atomic mass is 19.4. The third-order valence-electron chi connectivity index (χ3n) is 5.97. The second kappa shape index (κ2) is 9.97. The zero-order valence-corrected chi connectivity index (χ0v) is 20.0. The van der Waals surface area contributed by atoms with E-state index in [1.807, 2.05) is 42.5 Å². The van der Waals surface area contributed by atoms with Crippen LogP contribution in [0.5, 0.6) is 11.5 Å². The van der Waals surface area contributed by atoms with Gasteiger partial charge in [-0.3, -0.25) is 9.78 Å². The lowest BCUT2D eigenvalue weighted by Crippen LogP contribution is -2.22. The van der Waals surface area contributed by atoms with Crippen molar-refractivity contribution >= 4 is 11.6 Å². The summed E-state index contributed by atoms with van der Waals surface area (Å²) in [6.45, 7) is 0.993. The van der Waals surface area contributed by atoms with Gasteiger partial charge in [0.25, 0.3) is 5.91 Å². The van der Waals surface area contributed by atoms with Gasteiger partial charge in [0, 0.05) is 28.1 Å². The number of anilines is 1. The number of pyridine rings is 1. The Morgan fingerprint density at radius 1 is 0.892 bits per heavy atom. The quantitative estimate of drug-likeness (QED) is 0.280. The van der Waals surface area contributed by atoms with E-state index in [9.17, 15) is 18.0 Å². The normalized spacial score (nSPS) is 13.0. The lowest BCUT2D eigenvalue weighted by Gasteiger charge is -2.17. The summed E-state index contributed by atoms with van der Waals surface area (Å²) in [5, 5.41) is 0. The van der Waals surface area contributed by atoms with Crippen molar-refractivity contribution in [2.24, 2.45) is 0 Å². The molecule has 3 aromatic carbocycles. The first-order valence-corrected chi connectivity index (χ1v) is 11.7. The van der Waals surface area contributed by atoms with Crippen LogP contribution in [0.1, 0.15) is 27.2 Å². The van der Waals surface area contributed by atoms with Crippen molar-refractivity contribution in [3.8, 4) is 22.8 Å². The zero-order valence-electron chi connectivity index (χ0n) is 20.0. The molecule has 0 N–H and O–H groups in total. The van der Waals surface area contributed by atoms with E-state index in [-0.39, 0.29) is 18.2 Å². The molecule has 5 rings (SSSR count). The van der Waals surface area contributed by atoms with Crippen molar-refractivity contribution in [3.05, 3.63) is 107 Å². The van der Waals surface area contributed by atoms with Crippen LogP contribution in [-0.2, 0) is 13.2 Å². The van der Waals surface area contributed by atoms with Crippen LogP contribution < -0.4 is 14.4 Å². The number of hydrogen-bond donors (Lipinski definition) is 0. The maximum Gasteiger partial charge on any atom is 0.422 e. The first-order valence-electron chi connectivity index (χ1n) is 11.7. The Balaban J connectivity index is 1.40. The number of hydrogen-bond acceptors (Lipinski definition) is 4. The molecule has 37 heavy (non-hydrogen) atoms. The lowest BCUT2D eigenvalue weighted by atomic mass is 10.0. The molecule has 8 heteroatoms. The highest BCUT2D eigenvalue weighted by Gasteiger charge is 2.33. The molecule has 0 saturated heterocycles. The minimum atomic E-state index is -4.47. The van der Waals surface area contributed by atoms with Crippen LogP contribution in [0.4, 0.5) is 18.9 Å². The van der Waals surface area contributed by atoms with Crippen LogP contribution in [0, 0.1) is 6.92 Å². The Labute approximate surface area is 212 Å². The maximum absolute atomic E-state index is 13.4. The highest BCUT2D eigenvalue weighted by molar-refractivity contribution is 6.11. The predicted molar refractivity (Wildman–Crippen MR) is 134 cm³/mol. The second-order valence-corrected chi connectivity index (χ2v) is 8.70. The number of aromatic nitrogens is 1. The van der Waals surface area contributed by atoms with E-state index in [1.54, 1.807) is 48.2 Å². The van der Waals surface area contributed by atoms with Crippen LogP contribution in [-0.4, -0.2) is 23.7 Å². The zero-order chi connectivity index (χ0) is 26.0. The van der Waals surface area contributed by atoms with Gasteiger partial charge < -0.3 is 14.4 Å². The first-order chi connectivity index (χ1) is 17.8. The average Bonchev–Trinajstić information content (AvgIpc) is 3.22. The fourth-order valence-electron chi connectivity index (χ4n) is 4.27. The molecular formula is C29H23F3N2O3. The molecule has 1 aliphatic rings. The van der Waals surface area contributed by atoms with Crippen molar-refractivity contribution in [3.63, 3.8) is 0 Å². The van der Waals surface area contributed by atoms with Gasteiger partial charge in [0.1, 0.15) is 18.1 Å². The van der Waals surface area contributed by atoms with E-state index in [0.29, 0.717) is 46.1 Å². The molecular weight excluding hydrogens is 481 g/mol. The number of aryl methyl sites for hydroxylation is 1. The third kappa shape index (κ3) is 5.43. The molecule has 5 nitrogen and oxygen atoms in total. The van der Waals surface area contributed by atoms with Gasteiger partial charge in [-0.2, -0.15) is 13.2 Å². The summed E-state index contributed by atoms with van der Waals surface area (Å²) in [5.41, 5.74) is 4.27. The minimum absolute atomic E-state index is 0.0611. The van der Waals surface area contributed by atoms with E-state index in [1.165, 1.54) is 6.07 Å². The molecule has 188 valence electrons. The predicted octanol–water partition coefficient (Wildman–Crippen LogP) is 6.74. The van der Waals surface area contributed by atoms with E-state index in [0.717, 1.165) is 5.56 Å². The van der Waals surface area contributed by atoms with Gasteiger partial charge in [0.2, 0.25) is 0 Å². The van der Waals surface area contributed by atoms with Gasteiger partial charge in [0.15, 0.2) is 6.61 Å². The number of benzene rings is 3. The second-order valence-electron chi connectivity index (χ2n) is 8.70. The van der Waals surface area contributed by atoms with Gasteiger partial charge in [-0.15, -0.1) is 0 Å². The van der Waals surface area contributed by atoms with Crippen molar-refractivity contribution in [1.82, 2.24) is 4.98 Å². The van der Waals surface area contributed by atoms with Crippen molar-refractivity contribution < 1.29 is 27.4 Å². The number of carbonyl (C=O) groups excluding carboxylic acids is 1. The van der Waals surface area contributed by atoms with E-state index < -0.39 is 12.8 Å². The van der Waals surface area contributed by atoms with Gasteiger partial charge in [-0.1, -0.05) is 42.5 Å². The van der Waals surface area contributed by atoms with Gasteiger partial charge in [-0.25, -0.2) is 0 Å². The van der Waals surface area contributed by atoms with Crippen molar-refractivity contribution in [2.45, 2.75) is 26.3 Å². The van der Waals surface area contributed by atoms with Crippen molar-refractivity contribution in [1.29, 1.82) is 0 Å². The Kier molecular flexibility index (Phi) is 6.56. The summed E-state index contributed by atoms with van der Waals surface area (Å²) in [5.74, 6) is 0.532. The molecule has 0 saturated carbocycles. The molecule has 0 bridgehead atoms. The van der Waals surface area contributed by atoms with Gasteiger partial charge >= 0.3 is 6.18 Å². The Morgan fingerprint density at radius 2 is 1.59 bits per heavy atom. The fourth-order valence-corrected chi connectivity index (χ4v) is 4.27. The Hall–Kier alpha value is -4.33. The number of fused-ring (bicyclic) bond motifs is 1. The number of nitrogens with zero attached hydrogens (tertiary/aromatic N) is 2. The highest BCUT2D eigenvalue weighted by Crippen LogP contribution is 2.38. The molecule has 2 heterocycles. The average molecular weight is 505 g/mol. The summed E-state index contributed by atoms with van der Waals surface area (Å²) in [4.78, 5) is 19.6. The Morgan fingerprint density at radius 3 is 2.32 bits per heavy atom. The molecule has 4 aromatic rings. The molecule has 1 aliphatic heterocycles. The molecule has 1 aromatic heterocycles. The number of carbonyl (C=O) groups is 1. The number of alkyl halides is 3. The number of amides is 1. The van der Waals surface area contributed by atoms with Crippen LogP contribution in [0.25, 0.3) is 11.3 Å². The standard InChI is InChI=1S/C29H23F3N2O3/c1-19-15-24-25(27(33-19)23-9-5-6-10-26(23)37-18-29(30,31)32)16-34(28(24)35)21-11-13-22(14-12-21)36-17-20-7-3-2-4-8-20/h2-15H,16-18H2,1H3. The van der Waals surface area contributed by atoms with Crippen LogP contribution >= 0.6 is 0 Å². The van der Waals surface area contributed by atoms with Crippen LogP contribution in [0.3, 0.4) is 0 Å². The summed E-state index contributed by atoms with van der Waals surface area (Å²) >= 11 is 0. The van der Waals surface area contributed by atoms with Gasteiger partial charge in [0.05, 0.1) is 12.2 Å². The molecule has 0 aliphatic carbocycles. The molecule has 1 amide bonds.